The first-order chi connectivity index (χ1) is 12.1. The van der Waals surface area contributed by atoms with Crippen LogP contribution in [-0.4, -0.2) is 17.7 Å². The lowest BCUT2D eigenvalue weighted by atomic mass is 10.1. The molecule has 0 radical (unpaired) electrons. The number of carbonyl (C=O) groups is 1. The van der Waals surface area contributed by atoms with Crippen molar-refractivity contribution in [1.82, 2.24) is 5.32 Å². The Kier molecular flexibility index (Phi) is 7.41. The molecule has 2 rings (SSSR count). The standard InChI is InChI=1S/C20H25FN2O2/c1-2-3-4-7-15-10-12-16(13-11-15)23-20(25)22-14-19(24)17-8-5-6-9-18(17)21/h5-6,8-13,19,24H,2-4,7,14H2,1H3,(H2,22,23,25). The quantitative estimate of drug-likeness (QED) is 0.621. The minimum atomic E-state index is -1.09. The molecule has 25 heavy (non-hydrogen) atoms. The van der Waals surface area contributed by atoms with Gasteiger partial charge in [-0.15, -0.1) is 0 Å². The molecule has 0 aliphatic heterocycles. The highest BCUT2D eigenvalue weighted by molar-refractivity contribution is 5.89. The number of hydrogen-bond donors (Lipinski definition) is 3. The van der Waals surface area contributed by atoms with Crippen LogP contribution in [0.3, 0.4) is 0 Å². The molecule has 0 heterocycles. The Hall–Kier alpha value is -2.40. The Morgan fingerprint density at radius 1 is 1.12 bits per heavy atom. The van der Waals surface area contributed by atoms with Gasteiger partial charge in [0.15, 0.2) is 0 Å². The molecule has 2 aromatic rings. The number of halogens is 1. The number of urea groups is 1. The first kappa shape index (κ1) is 18.9. The molecule has 4 nitrogen and oxygen atoms in total. The van der Waals surface area contributed by atoms with Gasteiger partial charge in [0.2, 0.25) is 0 Å². The summed E-state index contributed by atoms with van der Waals surface area (Å²) in [6.07, 6.45) is 3.52. The molecule has 134 valence electrons. The second kappa shape index (κ2) is 9.79. The van der Waals surface area contributed by atoms with E-state index in [0.717, 1.165) is 12.8 Å². The topological polar surface area (TPSA) is 61.4 Å². The van der Waals surface area contributed by atoms with Gasteiger partial charge in [-0.3, -0.25) is 0 Å². The van der Waals surface area contributed by atoms with Crippen molar-refractivity contribution in [1.29, 1.82) is 0 Å². The summed E-state index contributed by atoms with van der Waals surface area (Å²) in [5.41, 5.74) is 2.09. The lowest BCUT2D eigenvalue weighted by Gasteiger charge is -2.13. The third-order valence-electron chi connectivity index (χ3n) is 4.00. The number of unbranched alkanes of at least 4 members (excludes halogenated alkanes) is 2. The Morgan fingerprint density at radius 2 is 1.84 bits per heavy atom. The van der Waals surface area contributed by atoms with E-state index in [1.807, 2.05) is 24.3 Å². The highest BCUT2D eigenvalue weighted by Crippen LogP contribution is 2.16. The summed E-state index contributed by atoms with van der Waals surface area (Å²) in [7, 11) is 0. The van der Waals surface area contributed by atoms with Crippen molar-refractivity contribution >= 4 is 11.7 Å². The zero-order chi connectivity index (χ0) is 18.1. The van der Waals surface area contributed by atoms with Gasteiger partial charge < -0.3 is 15.7 Å². The van der Waals surface area contributed by atoms with Crippen molar-refractivity contribution in [2.45, 2.75) is 38.7 Å². The SMILES string of the molecule is CCCCCc1ccc(NC(=O)NCC(O)c2ccccc2F)cc1. The summed E-state index contributed by atoms with van der Waals surface area (Å²) in [6.45, 7) is 2.11. The van der Waals surface area contributed by atoms with Crippen LogP contribution in [0.2, 0.25) is 0 Å². The average Bonchev–Trinajstić information content (AvgIpc) is 2.62. The lowest BCUT2D eigenvalue weighted by molar-refractivity contribution is 0.170. The molecule has 0 bridgehead atoms. The molecule has 0 aromatic heterocycles. The molecular formula is C20H25FN2O2. The smallest absolute Gasteiger partial charge is 0.319 e. The van der Waals surface area contributed by atoms with Gasteiger partial charge >= 0.3 is 6.03 Å². The van der Waals surface area contributed by atoms with E-state index in [4.69, 9.17) is 0 Å². The number of amides is 2. The zero-order valence-electron chi connectivity index (χ0n) is 14.5. The van der Waals surface area contributed by atoms with Crippen molar-refractivity contribution in [3.05, 3.63) is 65.5 Å². The first-order valence-electron chi connectivity index (χ1n) is 8.66. The third-order valence-corrected chi connectivity index (χ3v) is 4.00. The van der Waals surface area contributed by atoms with Crippen LogP contribution in [0, 0.1) is 5.82 Å². The predicted molar refractivity (Wildman–Crippen MR) is 98.1 cm³/mol. The summed E-state index contributed by atoms with van der Waals surface area (Å²) >= 11 is 0. The minimum absolute atomic E-state index is 0.0676. The zero-order valence-corrected chi connectivity index (χ0v) is 14.5. The maximum Gasteiger partial charge on any atom is 0.319 e. The van der Waals surface area contributed by atoms with Crippen LogP contribution in [0.25, 0.3) is 0 Å². The van der Waals surface area contributed by atoms with Gasteiger partial charge in [0.25, 0.3) is 0 Å². The molecule has 0 spiro atoms. The summed E-state index contributed by atoms with van der Waals surface area (Å²) in [6, 6.07) is 13.2. The molecule has 0 fully saturated rings. The van der Waals surface area contributed by atoms with E-state index in [1.54, 1.807) is 12.1 Å². The maximum atomic E-state index is 13.6. The second-order valence-corrected chi connectivity index (χ2v) is 6.03. The second-order valence-electron chi connectivity index (χ2n) is 6.03. The Morgan fingerprint density at radius 3 is 2.52 bits per heavy atom. The molecule has 0 saturated heterocycles. The minimum Gasteiger partial charge on any atom is -0.386 e. The monoisotopic (exact) mass is 344 g/mol. The molecule has 1 atom stereocenters. The summed E-state index contributed by atoms with van der Waals surface area (Å²) in [5.74, 6) is -0.490. The number of benzene rings is 2. The van der Waals surface area contributed by atoms with Crippen molar-refractivity contribution in [3.8, 4) is 0 Å². The number of carbonyl (C=O) groups excluding carboxylic acids is 1. The van der Waals surface area contributed by atoms with Crippen LogP contribution < -0.4 is 10.6 Å². The normalized spacial score (nSPS) is 11.8. The molecule has 0 saturated carbocycles. The van der Waals surface area contributed by atoms with E-state index >= 15 is 0 Å². The lowest BCUT2D eigenvalue weighted by Crippen LogP contribution is -2.32. The largest absolute Gasteiger partial charge is 0.386 e. The van der Waals surface area contributed by atoms with Crippen LogP contribution in [0.1, 0.15) is 43.4 Å². The van der Waals surface area contributed by atoms with Gasteiger partial charge in [0.1, 0.15) is 5.82 Å². The summed E-state index contributed by atoms with van der Waals surface area (Å²) < 4.78 is 13.6. The van der Waals surface area contributed by atoms with Gasteiger partial charge in [-0.25, -0.2) is 9.18 Å². The van der Waals surface area contributed by atoms with E-state index in [0.29, 0.717) is 5.69 Å². The number of rotatable bonds is 8. The molecule has 0 aliphatic rings. The van der Waals surface area contributed by atoms with Crippen molar-refractivity contribution in [2.24, 2.45) is 0 Å². The predicted octanol–water partition coefficient (Wildman–Crippen LogP) is 4.41. The van der Waals surface area contributed by atoms with Crippen LogP contribution in [0.5, 0.6) is 0 Å². The Bertz CT molecular complexity index is 674. The number of nitrogens with one attached hydrogen (secondary N) is 2. The van der Waals surface area contributed by atoms with Crippen molar-refractivity contribution in [2.75, 3.05) is 11.9 Å². The molecule has 5 heteroatoms. The average molecular weight is 344 g/mol. The van der Waals surface area contributed by atoms with Crippen molar-refractivity contribution < 1.29 is 14.3 Å². The number of anilines is 1. The van der Waals surface area contributed by atoms with E-state index in [2.05, 4.69) is 17.6 Å². The molecule has 0 aliphatic carbocycles. The molecule has 2 aromatic carbocycles. The van der Waals surface area contributed by atoms with Crippen LogP contribution in [0.15, 0.2) is 48.5 Å². The highest BCUT2D eigenvalue weighted by Gasteiger charge is 2.13. The van der Waals surface area contributed by atoms with Gasteiger partial charge in [0.05, 0.1) is 6.10 Å². The van der Waals surface area contributed by atoms with Gasteiger partial charge in [0, 0.05) is 17.8 Å². The highest BCUT2D eigenvalue weighted by atomic mass is 19.1. The number of aryl methyl sites for hydroxylation is 1. The summed E-state index contributed by atoms with van der Waals surface area (Å²) in [4.78, 5) is 11.9. The molecule has 2 amide bonds. The van der Waals surface area contributed by atoms with Crippen LogP contribution >= 0.6 is 0 Å². The van der Waals surface area contributed by atoms with E-state index < -0.39 is 18.0 Å². The Labute approximate surface area is 148 Å². The van der Waals surface area contributed by atoms with Gasteiger partial charge in [-0.2, -0.15) is 0 Å². The summed E-state index contributed by atoms with van der Waals surface area (Å²) in [5, 5.41) is 15.2. The molecule has 1 unspecified atom stereocenters. The fourth-order valence-electron chi connectivity index (χ4n) is 2.55. The van der Waals surface area contributed by atoms with Crippen LogP contribution in [-0.2, 0) is 6.42 Å². The molecular weight excluding hydrogens is 319 g/mol. The van der Waals surface area contributed by atoms with E-state index in [1.165, 1.54) is 30.5 Å². The fraction of sp³-hybridized carbons (Fsp3) is 0.350. The Balaban J connectivity index is 1.79. The maximum absolute atomic E-state index is 13.6. The third kappa shape index (κ3) is 6.19. The number of hydrogen-bond acceptors (Lipinski definition) is 2. The van der Waals surface area contributed by atoms with E-state index in [-0.39, 0.29) is 12.1 Å². The van der Waals surface area contributed by atoms with Gasteiger partial charge in [-0.1, -0.05) is 50.1 Å². The number of aliphatic hydroxyl groups excluding tert-OH is 1. The van der Waals surface area contributed by atoms with Crippen LogP contribution in [0.4, 0.5) is 14.9 Å². The first-order valence-corrected chi connectivity index (χ1v) is 8.66. The number of aliphatic hydroxyl groups is 1. The van der Waals surface area contributed by atoms with Crippen molar-refractivity contribution in [3.63, 3.8) is 0 Å². The van der Waals surface area contributed by atoms with E-state index in [9.17, 15) is 14.3 Å². The fourth-order valence-corrected chi connectivity index (χ4v) is 2.55. The molecule has 3 N–H and O–H groups in total. The van der Waals surface area contributed by atoms with Gasteiger partial charge in [-0.05, 0) is 36.6 Å².